The molecule has 0 aliphatic rings. The van der Waals surface area contributed by atoms with Crippen molar-refractivity contribution in [1.82, 2.24) is 0 Å². The van der Waals surface area contributed by atoms with Crippen LogP contribution in [-0.4, -0.2) is 25.9 Å². The Balaban J connectivity index is 2.38. The van der Waals surface area contributed by atoms with Gasteiger partial charge in [0, 0.05) is 10.8 Å². The second-order valence-electron chi connectivity index (χ2n) is 8.31. The van der Waals surface area contributed by atoms with Crippen molar-refractivity contribution in [1.29, 1.82) is 0 Å². The number of benzene rings is 3. The van der Waals surface area contributed by atoms with E-state index in [0.29, 0.717) is 22.6 Å². The number of hydrogen-bond donors (Lipinski definition) is 2. The van der Waals surface area contributed by atoms with Crippen molar-refractivity contribution in [3.63, 3.8) is 0 Å². The van der Waals surface area contributed by atoms with Gasteiger partial charge in [-0.2, -0.15) is 16.8 Å². The number of unbranched alkanes of at least 4 members (excludes halogenated alkanes) is 4. The molecule has 0 heterocycles. The third kappa shape index (κ3) is 5.49. The Morgan fingerprint density at radius 3 is 1.66 bits per heavy atom. The minimum atomic E-state index is -4.62. The van der Waals surface area contributed by atoms with Crippen molar-refractivity contribution in [2.24, 2.45) is 0 Å². The third-order valence-electron chi connectivity index (χ3n) is 5.81. The molecule has 0 spiro atoms. The van der Waals surface area contributed by atoms with Gasteiger partial charge in [-0.05, 0) is 59.7 Å². The Morgan fingerprint density at radius 1 is 0.594 bits per heavy atom. The molecule has 0 aliphatic carbocycles. The molecule has 2 N–H and O–H groups in total. The van der Waals surface area contributed by atoms with Crippen LogP contribution in [0.3, 0.4) is 0 Å². The third-order valence-corrected chi connectivity index (χ3v) is 7.60. The van der Waals surface area contributed by atoms with Gasteiger partial charge in [0.2, 0.25) is 0 Å². The fourth-order valence-corrected chi connectivity index (χ4v) is 5.65. The molecule has 0 fully saturated rings. The van der Waals surface area contributed by atoms with E-state index in [2.05, 4.69) is 13.8 Å². The van der Waals surface area contributed by atoms with E-state index in [9.17, 15) is 25.9 Å². The van der Waals surface area contributed by atoms with E-state index in [1.165, 1.54) is 6.07 Å². The summed E-state index contributed by atoms with van der Waals surface area (Å²) in [4.78, 5) is -0.714. The maximum Gasteiger partial charge on any atom is 0.295 e. The van der Waals surface area contributed by atoms with Crippen molar-refractivity contribution in [2.75, 3.05) is 0 Å². The first-order chi connectivity index (χ1) is 15.1. The molecular weight excluding hydrogens is 448 g/mol. The lowest BCUT2D eigenvalue weighted by Gasteiger charge is -2.14. The zero-order valence-corrected chi connectivity index (χ0v) is 20.1. The first-order valence-electron chi connectivity index (χ1n) is 11.0. The summed E-state index contributed by atoms with van der Waals surface area (Å²) < 4.78 is 68.4. The van der Waals surface area contributed by atoms with Crippen molar-refractivity contribution >= 4 is 41.8 Å². The van der Waals surface area contributed by atoms with E-state index in [1.807, 2.05) is 18.2 Å². The number of fused-ring (bicyclic) bond motifs is 3. The van der Waals surface area contributed by atoms with Gasteiger partial charge in [-0.25, -0.2) is 0 Å². The summed E-state index contributed by atoms with van der Waals surface area (Å²) in [6.45, 7) is 4.19. The Bertz CT molecular complexity index is 1340. The molecule has 0 saturated heterocycles. The van der Waals surface area contributed by atoms with E-state index in [1.54, 1.807) is 6.07 Å². The van der Waals surface area contributed by atoms with Crippen LogP contribution < -0.4 is 0 Å². The van der Waals surface area contributed by atoms with Crippen LogP contribution in [0.15, 0.2) is 46.2 Å². The molecule has 0 radical (unpaired) electrons. The van der Waals surface area contributed by atoms with Crippen LogP contribution in [0, 0.1) is 0 Å². The van der Waals surface area contributed by atoms with Crippen molar-refractivity contribution in [3.8, 4) is 0 Å². The molecule has 32 heavy (non-hydrogen) atoms. The van der Waals surface area contributed by atoms with Crippen LogP contribution in [0.25, 0.3) is 21.5 Å². The predicted molar refractivity (Wildman–Crippen MR) is 128 cm³/mol. The van der Waals surface area contributed by atoms with Crippen molar-refractivity contribution < 1.29 is 25.9 Å². The lowest BCUT2D eigenvalue weighted by Crippen LogP contribution is -2.05. The van der Waals surface area contributed by atoms with Crippen LogP contribution in [0.4, 0.5) is 0 Å². The lowest BCUT2D eigenvalue weighted by molar-refractivity contribution is 0.481. The maximum atomic E-state index is 12.2. The highest BCUT2D eigenvalue weighted by molar-refractivity contribution is 7.86. The van der Waals surface area contributed by atoms with Gasteiger partial charge in [0.15, 0.2) is 0 Å². The Labute approximate surface area is 190 Å². The number of aryl methyl sites for hydroxylation is 2. The van der Waals surface area contributed by atoms with Crippen LogP contribution >= 0.6 is 0 Å². The predicted octanol–water partition coefficient (Wildman–Crippen LogP) is 5.95. The first kappa shape index (κ1) is 24.6. The molecule has 0 amide bonds. The van der Waals surface area contributed by atoms with E-state index < -0.39 is 20.2 Å². The molecule has 0 unspecified atom stereocenters. The molecule has 3 aromatic carbocycles. The standard InChI is InChI=1S/C24H30O6S2/c1-3-5-7-9-17-11-12-19-20(13-17)21-14-18(10-8-6-4-2)15-23(31(25,26)27)22(21)16-24(19)32(28,29)30/h11-16H,3-10H2,1-2H3,(H,25,26,27)(H,28,29,30). The summed E-state index contributed by atoms with van der Waals surface area (Å²) in [5, 5.41) is 1.50. The smallest absolute Gasteiger partial charge is 0.282 e. The minimum Gasteiger partial charge on any atom is -0.282 e. The second-order valence-corrected chi connectivity index (χ2v) is 11.1. The molecule has 8 heteroatoms. The highest BCUT2D eigenvalue weighted by Gasteiger charge is 2.22. The maximum absolute atomic E-state index is 12.2. The van der Waals surface area contributed by atoms with Gasteiger partial charge in [0.25, 0.3) is 20.2 Å². The van der Waals surface area contributed by atoms with Gasteiger partial charge in [-0.15, -0.1) is 0 Å². The van der Waals surface area contributed by atoms with E-state index in [-0.39, 0.29) is 15.2 Å². The van der Waals surface area contributed by atoms with Gasteiger partial charge in [0.05, 0.1) is 0 Å². The fraction of sp³-hybridized carbons (Fsp3) is 0.417. The molecule has 3 rings (SSSR count). The molecule has 0 saturated carbocycles. The normalized spacial score (nSPS) is 12.6. The largest absolute Gasteiger partial charge is 0.295 e. The Hall–Kier alpha value is -2.00. The molecule has 0 aliphatic heterocycles. The summed E-state index contributed by atoms with van der Waals surface area (Å²) in [5.74, 6) is 0. The Kier molecular flexibility index (Phi) is 7.60. The van der Waals surface area contributed by atoms with Crippen molar-refractivity contribution in [3.05, 3.63) is 47.5 Å². The molecule has 3 aromatic rings. The zero-order valence-electron chi connectivity index (χ0n) is 18.5. The average molecular weight is 479 g/mol. The van der Waals surface area contributed by atoms with E-state index in [4.69, 9.17) is 0 Å². The topological polar surface area (TPSA) is 109 Å². The highest BCUT2D eigenvalue weighted by atomic mass is 32.2. The SMILES string of the molecule is CCCCCc1ccc2c(S(=O)(=O)O)cc3c(S(=O)(=O)O)cc(CCCCC)cc3c2c1. The molecule has 6 nitrogen and oxygen atoms in total. The molecule has 0 bridgehead atoms. The lowest BCUT2D eigenvalue weighted by atomic mass is 9.95. The quantitative estimate of drug-likeness (QED) is 0.212. The summed E-state index contributed by atoms with van der Waals surface area (Å²) >= 11 is 0. The summed E-state index contributed by atoms with van der Waals surface area (Å²) in [6.07, 6.45) is 7.45. The second kappa shape index (κ2) is 9.87. The zero-order chi connectivity index (χ0) is 23.5. The van der Waals surface area contributed by atoms with E-state index >= 15 is 0 Å². The van der Waals surface area contributed by atoms with Crippen LogP contribution in [-0.2, 0) is 33.1 Å². The van der Waals surface area contributed by atoms with Gasteiger partial charge < -0.3 is 0 Å². The molecule has 0 aromatic heterocycles. The van der Waals surface area contributed by atoms with E-state index in [0.717, 1.165) is 62.1 Å². The summed E-state index contributed by atoms with van der Waals surface area (Å²) in [5.41, 5.74) is 1.76. The molecule has 0 atom stereocenters. The molecule has 174 valence electrons. The minimum absolute atomic E-state index is 0.0811. The van der Waals surface area contributed by atoms with Crippen LogP contribution in [0.1, 0.15) is 63.5 Å². The van der Waals surface area contributed by atoms with Crippen molar-refractivity contribution in [2.45, 2.75) is 75.0 Å². The van der Waals surface area contributed by atoms with Crippen LogP contribution in [0.2, 0.25) is 0 Å². The van der Waals surface area contributed by atoms with Gasteiger partial charge >= 0.3 is 0 Å². The average Bonchev–Trinajstić information content (AvgIpc) is 2.71. The summed E-state index contributed by atoms with van der Waals surface area (Å²) in [7, 11) is -9.24. The number of hydrogen-bond acceptors (Lipinski definition) is 4. The van der Waals surface area contributed by atoms with Gasteiger partial charge in [0.1, 0.15) is 9.79 Å². The van der Waals surface area contributed by atoms with Gasteiger partial charge in [-0.1, -0.05) is 63.8 Å². The molecular formula is C24H30O6S2. The Morgan fingerprint density at radius 2 is 1.09 bits per heavy atom. The first-order valence-corrected chi connectivity index (χ1v) is 13.9. The van der Waals surface area contributed by atoms with Crippen LogP contribution in [0.5, 0.6) is 0 Å². The number of rotatable bonds is 10. The monoisotopic (exact) mass is 478 g/mol. The summed E-state index contributed by atoms with van der Waals surface area (Å²) in [6, 6.07) is 9.78. The van der Waals surface area contributed by atoms with Gasteiger partial charge in [-0.3, -0.25) is 9.11 Å². The highest BCUT2D eigenvalue weighted by Crippen LogP contribution is 2.36. The fourth-order valence-electron chi connectivity index (χ4n) is 4.18.